The molecule has 18 heteroatoms. The molecule has 10 rings (SSSR count). The minimum atomic E-state index is -0.917. The van der Waals surface area contributed by atoms with Gasteiger partial charge in [0.25, 0.3) is 0 Å². The standard InChI is InChI=1S/C11H15NO3.C10H16O3.C9H14N2O.C9H16O.C8H16N2.C8H14O.C6H12N2.CO2/c13-10(14)7-12-9-6-4-2-1-3-5-8(9)11(12)15;11-7-10-12-8-5-3-1-2-4-6-9(8)13-10;12-9-10-7-5-3-1-2-4-6-8(7)11-9;1-8-4-2-3-5-9(10)7-6-8;9-7-5-3-1-2-4-6-8(7)10;9-8-6-4-2-1-3-5-7-8;1-2-4-8-6-5-7-3-1;2-1-3/h1-2,8-9H,3-7H2,(H,13,14);1-2,8-11H,3-7H2;1-2,7-8H,3-6H2,(H2,10,11,12);3,5,8-10H,2,4,6-7H2,1H3;1-2,7-8H,3-6,9-10H2;4,6,8-9H,1-3,5,7H2;1-2,7-8H,3-6H2;/b3*2-1+;5-3+;2-1+;6-4+;;. The van der Waals surface area contributed by atoms with E-state index in [0.29, 0.717) is 12.1 Å². The van der Waals surface area contributed by atoms with Gasteiger partial charge in [-0.15, -0.1) is 0 Å². The Morgan fingerprint density at radius 2 is 1.05 bits per heavy atom. The van der Waals surface area contributed by atoms with Crippen molar-refractivity contribution in [2.24, 2.45) is 23.3 Å². The molecule has 452 valence electrons. The summed E-state index contributed by atoms with van der Waals surface area (Å²) in [6, 6.07) is 1.32. The monoisotopic (exact) mass is 1120 g/mol. The summed E-state index contributed by atoms with van der Waals surface area (Å²) in [5.74, 6) is -0.0222. The topological polar surface area (TPSA) is 288 Å². The SMILES string of the molecule is C1=CCNCCNC1.CC1CC/C=C/C(O)CC1.NC1CC/C=C/CCC1N.O=C(O)CN1C(=O)C2CC/C=C/CCC21.O=C1NC2CC/C=C/CCC2N1.O=C=O.OC1/C=C/CCCCC1.OCC1OC2CC/C=C/CCC2O1. The Kier molecular flexibility index (Phi) is 38.4. The van der Waals surface area contributed by atoms with Gasteiger partial charge in [0.15, 0.2) is 6.29 Å². The highest BCUT2D eigenvalue weighted by Gasteiger charge is 2.46. The molecule has 11 unspecified atom stereocenters. The summed E-state index contributed by atoms with van der Waals surface area (Å²) in [5.41, 5.74) is 11.6. The van der Waals surface area contributed by atoms with Crippen molar-refractivity contribution in [1.29, 1.82) is 0 Å². The average molecular weight is 1120 g/mol. The van der Waals surface area contributed by atoms with Crippen LogP contribution in [-0.2, 0) is 28.7 Å². The molecule has 3 saturated heterocycles. The van der Waals surface area contributed by atoms with Crippen molar-refractivity contribution in [1.82, 2.24) is 26.2 Å². The maximum Gasteiger partial charge on any atom is 0.373 e. The van der Waals surface area contributed by atoms with E-state index < -0.39 is 5.97 Å². The van der Waals surface area contributed by atoms with E-state index in [1.165, 1.54) is 37.0 Å². The van der Waals surface area contributed by atoms with E-state index in [0.717, 1.165) is 161 Å². The molecule has 0 aromatic carbocycles. The number of fused-ring (bicyclic) bond motifs is 3. The van der Waals surface area contributed by atoms with Crippen molar-refractivity contribution in [3.63, 3.8) is 0 Å². The summed E-state index contributed by atoms with van der Waals surface area (Å²) < 4.78 is 11.1. The molecule has 3 amide bonds. The van der Waals surface area contributed by atoms with Gasteiger partial charge in [-0.05, 0) is 154 Å². The van der Waals surface area contributed by atoms with Crippen molar-refractivity contribution < 1.29 is 53.9 Å². The van der Waals surface area contributed by atoms with Crippen LogP contribution in [0.25, 0.3) is 0 Å². The largest absolute Gasteiger partial charge is 0.480 e. The van der Waals surface area contributed by atoms with Gasteiger partial charge in [-0.3, -0.25) is 9.59 Å². The number of rotatable bonds is 3. The first-order valence-corrected chi connectivity index (χ1v) is 30.2. The first-order chi connectivity index (χ1) is 38.9. The maximum absolute atomic E-state index is 11.6. The lowest BCUT2D eigenvalue weighted by atomic mass is 9.80. The molecule has 12 N–H and O–H groups in total. The zero-order valence-corrected chi connectivity index (χ0v) is 48.2. The first kappa shape index (κ1) is 69.7. The molecular formula is C62H103N7O11. The summed E-state index contributed by atoms with van der Waals surface area (Å²) >= 11 is 0. The number of urea groups is 1. The lowest BCUT2D eigenvalue weighted by Crippen LogP contribution is -2.62. The number of nitrogens with zero attached hydrogens (tertiary/aromatic N) is 1. The second kappa shape index (κ2) is 44.1. The van der Waals surface area contributed by atoms with Crippen LogP contribution in [0, 0.1) is 11.8 Å². The molecule has 0 aromatic heterocycles. The summed E-state index contributed by atoms with van der Waals surface area (Å²) in [6.45, 7) is 6.33. The molecule has 0 spiro atoms. The summed E-state index contributed by atoms with van der Waals surface area (Å²) in [6.07, 6.45) is 56.5. The molecule has 3 fully saturated rings. The lowest BCUT2D eigenvalue weighted by Gasteiger charge is -2.47. The molecule has 80 heavy (non-hydrogen) atoms. The number of carboxylic acid groups (broad SMARTS) is 1. The summed E-state index contributed by atoms with van der Waals surface area (Å²) in [7, 11) is 0. The zero-order chi connectivity index (χ0) is 58.0. The van der Waals surface area contributed by atoms with Crippen molar-refractivity contribution in [2.75, 3.05) is 39.3 Å². The molecule has 0 aromatic rings. The molecule has 18 nitrogen and oxygen atoms in total. The van der Waals surface area contributed by atoms with Crippen LogP contribution < -0.4 is 32.7 Å². The average Bonchev–Trinajstić information content (AvgIpc) is 3.97. The van der Waals surface area contributed by atoms with Gasteiger partial charge in [0, 0.05) is 44.3 Å². The van der Waals surface area contributed by atoms with Gasteiger partial charge in [-0.2, -0.15) is 9.59 Å². The summed E-state index contributed by atoms with van der Waals surface area (Å²) in [5, 5.41) is 48.3. The quantitative estimate of drug-likeness (QED) is 0.0979. The smallest absolute Gasteiger partial charge is 0.373 e. The highest BCUT2D eigenvalue weighted by atomic mass is 16.7. The Morgan fingerprint density at radius 3 is 1.57 bits per heavy atom. The minimum absolute atomic E-state index is 0.00639. The predicted molar refractivity (Wildman–Crippen MR) is 314 cm³/mol. The Bertz CT molecular complexity index is 1880. The van der Waals surface area contributed by atoms with E-state index in [4.69, 9.17) is 45.8 Å². The van der Waals surface area contributed by atoms with Crippen molar-refractivity contribution in [3.05, 3.63) is 85.1 Å². The van der Waals surface area contributed by atoms with Gasteiger partial charge in [0.2, 0.25) is 5.91 Å². The second-order valence-corrected chi connectivity index (χ2v) is 22.0. The van der Waals surface area contributed by atoms with Gasteiger partial charge in [-0.25, -0.2) is 4.79 Å². The van der Waals surface area contributed by atoms with Gasteiger partial charge < -0.3 is 67.5 Å². The van der Waals surface area contributed by atoms with Crippen LogP contribution in [0.15, 0.2) is 85.1 Å². The van der Waals surface area contributed by atoms with Crippen LogP contribution in [0.5, 0.6) is 0 Å². The van der Waals surface area contributed by atoms with E-state index in [1.807, 2.05) is 12.2 Å². The van der Waals surface area contributed by atoms with E-state index >= 15 is 0 Å². The number of allylic oxidation sites excluding steroid dienone is 10. The Balaban J connectivity index is 0.000000245. The fourth-order valence-corrected chi connectivity index (χ4v) is 10.8. The third-order valence-corrected chi connectivity index (χ3v) is 15.5. The highest BCUT2D eigenvalue weighted by molar-refractivity contribution is 5.89. The lowest BCUT2D eigenvalue weighted by molar-refractivity contribution is -0.191. The van der Waals surface area contributed by atoms with Gasteiger partial charge in [0.1, 0.15) is 6.54 Å². The normalized spacial score (nSPS) is 34.0. The maximum atomic E-state index is 11.6. The van der Waals surface area contributed by atoms with Crippen LogP contribution in [0.4, 0.5) is 4.79 Å². The predicted octanol–water partition coefficient (Wildman–Crippen LogP) is 7.32. The van der Waals surface area contributed by atoms with Crippen LogP contribution in [-0.4, -0.2) is 150 Å². The van der Waals surface area contributed by atoms with Crippen LogP contribution >= 0.6 is 0 Å². The number of β-lactam (4-membered cyclic amide) rings is 1. The third-order valence-electron chi connectivity index (χ3n) is 15.5. The number of carbonyl (C=O) groups excluding carboxylic acids is 4. The summed E-state index contributed by atoms with van der Waals surface area (Å²) in [4.78, 5) is 51.0. The number of aliphatic hydroxyl groups excluding tert-OH is 3. The number of carboxylic acids is 1. The van der Waals surface area contributed by atoms with Crippen molar-refractivity contribution >= 4 is 24.1 Å². The molecule has 11 atom stereocenters. The van der Waals surface area contributed by atoms with Gasteiger partial charge in [-0.1, -0.05) is 105 Å². The number of carbonyl (C=O) groups is 3. The molecule has 4 heterocycles. The van der Waals surface area contributed by atoms with E-state index in [1.54, 1.807) is 0 Å². The van der Waals surface area contributed by atoms with Gasteiger partial charge in [0.05, 0.1) is 49.0 Å². The molecular weight excluding hydrogens is 1020 g/mol. The Hall–Kier alpha value is -4.59. The van der Waals surface area contributed by atoms with Crippen LogP contribution in [0.2, 0.25) is 0 Å². The molecule has 0 saturated carbocycles. The number of hydrogen-bond acceptors (Lipinski definition) is 14. The number of likely N-dealkylation sites (tertiary alicyclic amines) is 1. The van der Waals surface area contributed by atoms with Crippen molar-refractivity contribution in [2.45, 2.75) is 228 Å². The number of amides is 3. The van der Waals surface area contributed by atoms with Gasteiger partial charge >= 0.3 is 18.2 Å². The van der Waals surface area contributed by atoms with E-state index in [-0.39, 0.29) is 86.0 Å². The van der Waals surface area contributed by atoms with Crippen LogP contribution in [0.1, 0.15) is 167 Å². The van der Waals surface area contributed by atoms with Crippen molar-refractivity contribution in [3.8, 4) is 0 Å². The number of aliphatic hydroxyl groups is 3. The molecule has 4 aliphatic heterocycles. The number of nitrogens with two attached hydrogens (primary N) is 2. The minimum Gasteiger partial charge on any atom is -0.480 e. The highest BCUT2D eigenvalue weighted by Crippen LogP contribution is 2.35. The fraction of sp³-hybridized carbons (Fsp3) is 0.710. The fourth-order valence-electron chi connectivity index (χ4n) is 10.8. The third kappa shape index (κ3) is 31.0. The zero-order valence-electron chi connectivity index (χ0n) is 48.2. The second-order valence-electron chi connectivity index (χ2n) is 22.0. The van der Waals surface area contributed by atoms with Crippen LogP contribution in [0.3, 0.4) is 0 Å². The molecule has 6 aliphatic carbocycles. The molecule has 0 bridgehead atoms. The van der Waals surface area contributed by atoms with E-state index in [9.17, 15) is 19.5 Å². The molecule has 10 aliphatic rings. The number of aliphatic carboxylic acids is 1. The Morgan fingerprint density at radius 1 is 0.588 bits per heavy atom. The number of hydrogen-bond donors (Lipinski definition) is 10. The number of nitrogens with one attached hydrogen (secondary N) is 4. The molecule has 0 radical (unpaired) electrons. The Labute approximate surface area is 478 Å². The number of ether oxygens (including phenoxy) is 2. The first-order valence-electron chi connectivity index (χ1n) is 30.2. The van der Waals surface area contributed by atoms with E-state index in [2.05, 4.69) is 101 Å².